The summed E-state index contributed by atoms with van der Waals surface area (Å²) in [6.45, 7) is 1.98. The summed E-state index contributed by atoms with van der Waals surface area (Å²) in [6, 6.07) is 8.55. The van der Waals surface area contributed by atoms with Crippen LogP contribution in [0.15, 0.2) is 52.1 Å². The number of carbonyl (C=O) groups is 1. The lowest BCUT2D eigenvalue weighted by Crippen LogP contribution is -2.36. The quantitative estimate of drug-likeness (QED) is 0.689. The standard InChI is InChI=1S/C18H14F3N3O3/c1-2-24-14-7-6-10(8-13(14)23-16(26)17(24)27)15(25)22-12-5-3-4-11(9-12)18(19,20)21/h3-9H,2H2,1H3,(H,22,25)(H,23,26). The molecule has 0 unspecified atom stereocenters. The van der Waals surface area contributed by atoms with Gasteiger partial charge in [0.15, 0.2) is 0 Å². The molecule has 2 N–H and O–H groups in total. The highest BCUT2D eigenvalue weighted by Crippen LogP contribution is 2.30. The number of H-pyrrole nitrogens is 1. The lowest BCUT2D eigenvalue weighted by molar-refractivity contribution is -0.137. The van der Waals surface area contributed by atoms with Crippen LogP contribution in [0, 0.1) is 0 Å². The molecule has 3 rings (SSSR count). The summed E-state index contributed by atoms with van der Waals surface area (Å²) >= 11 is 0. The van der Waals surface area contributed by atoms with E-state index in [9.17, 15) is 27.6 Å². The number of hydrogen-bond acceptors (Lipinski definition) is 3. The SMILES string of the molecule is CCn1c(=O)c(=O)[nH]c2cc(C(=O)Nc3cccc(C(F)(F)F)c3)ccc21. The summed E-state index contributed by atoms with van der Waals surface area (Å²) in [5.41, 5.74) is -1.57. The van der Waals surface area contributed by atoms with E-state index < -0.39 is 28.8 Å². The minimum absolute atomic E-state index is 0.0121. The van der Waals surface area contributed by atoms with Gasteiger partial charge < -0.3 is 14.9 Å². The molecule has 0 saturated carbocycles. The Bertz CT molecular complexity index is 1150. The first-order valence-electron chi connectivity index (χ1n) is 7.96. The Balaban J connectivity index is 1.96. The predicted molar refractivity (Wildman–Crippen MR) is 93.9 cm³/mol. The van der Waals surface area contributed by atoms with Crippen molar-refractivity contribution in [2.45, 2.75) is 19.6 Å². The third-order valence-electron chi connectivity index (χ3n) is 4.00. The van der Waals surface area contributed by atoms with Gasteiger partial charge in [-0.25, -0.2) is 0 Å². The Labute approximate surface area is 150 Å². The van der Waals surface area contributed by atoms with Gasteiger partial charge in [0.2, 0.25) is 0 Å². The highest BCUT2D eigenvalue weighted by molar-refractivity contribution is 6.05. The van der Waals surface area contributed by atoms with Gasteiger partial charge in [0.25, 0.3) is 5.91 Å². The number of hydrogen-bond donors (Lipinski definition) is 2. The molecule has 0 aliphatic rings. The summed E-state index contributed by atoms with van der Waals surface area (Å²) in [6.07, 6.45) is -4.52. The molecule has 0 aliphatic carbocycles. The van der Waals surface area contributed by atoms with Crippen molar-refractivity contribution < 1.29 is 18.0 Å². The fourth-order valence-corrected chi connectivity index (χ4v) is 2.71. The zero-order chi connectivity index (χ0) is 19.8. The lowest BCUT2D eigenvalue weighted by atomic mass is 10.1. The monoisotopic (exact) mass is 377 g/mol. The highest BCUT2D eigenvalue weighted by atomic mass is 19.4. The van der Waals surface area contributed by atoms with Gasteiger partial charge in [-0.3, -0.25) is 14.4 Å². The number of benzene rings is 2. The normalized spacial score (nSPS) is 11.6. The molecule has 1 aromatic heterocycles. The Kier molecular flexibility index (Phi) is 4.61. The van der Waals surface area contributed by atoms with Crippen molar-refractivity contribution in [1.82, 2.24) is 9.55 Å². The van der Waals surface area contributed by atoms with E-state index in [1.54, 1.807) is 6.92 Å². The fourth-order valence-electron chi connectivity index (χ4n) is 2.71. The van der Waals surface area contributed by atoms with Crippen molar-refractivity contribution >= 4 is 22.6 Å². The maximum Gasteiger partial charge on any atom is 0.416 e. The van der Waals surface area contributed by atoms with Crippen LogP contribution >= 0.6 is 0 Å². The predicted octanol–water partition coefficient (Wildman–Crippen LogP) is 2.98. The maximum absolute atomic E-state index is 12.8. The van der Waals surface area contributed by atoms with Crippen molar-refractivity contribution in [2.75, 3.05) is 5.32 Å². The average Bonchev–Trinajstić information content (AvgIpc) is 2.62. The van der Waals surface area contributed by atoms with Crippen LogP contribution < -0.4 is 16.4 Å². The average molecular weight is 377 g/mol. The zero-order valence-electron chi connectivity index (χ0n) is 14.1. The number of aryl methyl sites for hydroxylation is 1. The van der Waals surface area contributed by atoms with E-state index in [0.717, 1.165) is 12.1 Å². The van der Waals surface area contributed by atoms with Crippen LogP contribution in [0.1, 0.15) is 22.8 Å². The molecule has 1 heterocycles. The summed E-state index contributed by atoms with van der Waals surface area (Å²) in [5, 5.41) is 2.39. The van der Waals surface area contributed by atoms with Crippen molar-refractivity contribution in [3.05, 3.63) is 74.3 Å². The summed E-state index contributed by atoms with van der Waals surface area (Å²) in [5.74, 6) is -0.647. The van der Waals surface area contributed by atoms with E-state index >= 15 is 0 Å². The molecule has 0 spiro atoms. The summed E-state index contributed by atoms with van der Waals surface area (Å²) in [7, 11) is 0. The molecule has 140 valence electrons. The summed E-state index contributed by atoms with van der Waals surface area (Å²) in [4.78, 5) is 38.3. The lowest BCUT2D eigenvalue weighted by Gasteiger charge is -2.11. The first-order valence-corrected chi connectivity index (χ1v) is 7.96. The number of aromatic amines is 1. The second-order valence-corrected chi connectivity index (χ2v) is 5.77. The molecule has 27 heavy (non-hydrogen) atoms. The van der Waals surface area contributed by atoms with Gasteiger partial charge in [0.05, 0.1) is 16.6 Å². The maximum atomic E-state index is 12.8. The van der Waals surface area contributed by atoms with Crippen LogP contribution in [-0.4, -0.2) is 15.5 Å². The molecular weight excluding hydrogens is 363 g/mol. The minimum Gasteiger partial charge on any atom is -0.322 e. The highest BCUT2D eigenvalue weighted by Gasteiger charge is 2.30. The number of rotatable bonds is 3. The molecule has 0 atom stereocenters. The Hall–Kier alpha value is -3.36. The first kappa shape index (κ1) is 18.4. The van der Waals surface area contributed by atoms with Crippen LogP contribution in [-0.2, 0) is 12.7 Å². The van der Waals surface area contributed by atoms with Crippen LogP contribution in [0.3, 0.4) is 0 Å². The van der Waals surface area contributed by atoms with Gasteiger partial charge in [-0.15, -0.1) is 0 Å². The van der Waals surface area contributed by atoms with Gasteiger partial charge in [0, 0.05) is 17.8 Å². The largest absolute Gasteiger partial charge is 0.416 e. The number of nitrogens with zero attached hydrogens (tertiary/aromatic N) is 1. The van der Waals surface area contributed by atoms with Crippen molar-refractivity contribution in [2.24, 2.45) is 0 Å². The fraction of sp³-hybridized carbons (Fsp3) is 0.167. The molecule has 1 amide bonds. The van der Waals surface area contributed by atoms with Crippen LogP contribution in [0.2, 0.25) is 0 Å². The minimum atomic E-state index is -4.52. The molecule has 0 radical (unpaired) electrons. The number of alkyl halides is 3. The van der Waals surface area contributed by atoms with Crippen LogP contribution in [0.25, 0.3) is 11.0 Å². The number of fused-ring (bicyclic) bond motifs is 1. The molecule has 3 aromatic rings. The number of halogens is 3. The Morgan fingerprint density at radius 1 is 1.15 bits per heavy atom. The topological polar surface area (TPSA) is 84.0 Å². The van der Waals surface area contributed by atoms with E-state index in [1.807, 2.05) is 0 Å². The molecule has 2 aromatic carbocycles. The third-order valence-corrected chi connectivity index (χ3v) is 4.00. The van der Waals surface area contributed by atoms with E-state index in [1.165, 1.54) is 34.9 Å². The van der Waals surface area contributed by atoms with E-state index in [0.29, 0.717) is 5.52 Å². The molecule has 0 saturated heterocycles. The van der Waals surface area contributed by atoms with E-state index in [-0.39, 0.29) is 23.3 Å². The second kappa shape index (κ2) is 6.75. The number of anilines is 1. The number of nitrogens with one attached hydrogen (secondary N) is 2. The van der Waals surface area contributed by atoms with Gasteiger partial charge in [-0.1, -0.05) is 6.07 Å². The van der Waals surface area contributed by atoms with Crippen molar-refractivity contribution in [3.8, 4) is 0 Å². The van der Waals surface area contributed by atoms with E-state index in [2.05, 4.69) is 10.3 Å². The van der Waals surface area contributed by atoms with Gasteiger partial charge in [0.1, 0.15) is 0 Å². The number of amides is 1. The summed E-state index contributed by atoms with van der Waals surface area (Å²) < 4.78 is 39.6. The molecule has 0 bridgehead atoms. The molecular formula is C18H14F3N3O3. The molecule has 6 nitrogen and oxygen atoms in total. The smallest absolute Gasteiger partial charge is 0.322 e. The van der Waals surface area contributed by atoms with Crippen molar-refractivity contribution in [3.63, 3.8) is 0 Å². The second-order valence-electron chi connectivity index (χ2n) is 5.77. The van der Waals surface area contributed by atoms with Crippen LogP contribution in [0.4, 0.5) is 18.9 Å². The van der Waals surface area contributed by atoms with E-state index in [4.69, 9.17) is 0 Å². The number of carbonyl (C=O) groups excluding carboxylic acids is 1. The van der Waals surface area contributed by atoms with Gasteiger partial charge in [-0.2, -0.15) is 13.2 Å². The van der Waals surface area contributed by atoms with Gasteiger partial charge in [-0.05, 0) is 43.3 Å². The first-order chi connectivity index (χ1) is 12.7. The molecule has 0 aliphatic heterocycles. The van der Waals surface area contributed by atoms with Gasteiger partial charge >= 0.3 is 17.3 Å². The zero-order valence-corrected chi connectivity index (χ0v) is 14.1. The molecule has 9 heteroatoms. The Morgan fingerprint density at radius 2 is 1.89 bits per heavy atom. The van der Waals surface area contributed by atoms with Crippen LogP contribution in [0.5, 0.6) is 0 Å². The molecule has 0 fully saturated rings. The number of aromatic nitrogens is 2. The Morgan fingerprint density at radius 3 is 2.56 bits per heavy atom. The third kappa shape index (κ3) is 3.62. The van der Waals surface area contributed by atoms with Crippen molar-refractivity contribution in [1.29, 1.82) is 0 Å².